The van der Waals surface area contributed by atoms with E-state index in [9.17, 15) is 18.0 Å². The number of anilines is 1. The first kappa shape index (κ1) is 17.8. The lowest BCUT2D eigenvalue weighted by molar-refractivity contribution is -0.114. The predicted octanol–water partition coefficient (Wildman–Crippen LogP) is 1.18. The Bertz CT molecular complexity index is 983. The summed E-state index contributed by atoms with van der Waals surface area (Å²) < 4.78 is 26.9. The van der Waals surface area contributed by atoms with E-state index >= 15 is 0 Å². The van der Waals surface area contributed by atoms with Gasteiger partial charge in [-0.1, -0.05) is 30.3 Å². The number of nitrogens with zero attached hydrogens (tertiary/aromatic N) is 3. The van der Waals surface area contributed by atoms with Gasteiger partial charge in [-0.2, -0.15) is 4.31 Å². The average molecular weight is 385 g/mol. The Balaban J connectivity index is 1.44. The van der Waals surface area contributed by atoms with E-state index in [0.29, 0.717) is 37.4 Å². The summed E-state index contributed by atoms with van der Waals surface area (Å²) in [5.41, 5.74) is 1.04. The largest absolute Gasteiger partial charge is 0.300 e. The lowest BCUT2D eigenvalue weighted by Gasteiger charge is -2.35. The van der Waals surface area contributed by atoms with Crippen molar-refractivity contribution in [2.24, 2.45) is 0 Å². The Morgan fingerprint density at radius 3 is 2.15 bits per heavy atom. The summed E-state index contributed by atoms with van der Waals surface area (Å²) in [5.74, 6) is -1.02. The highest BCUT2D eigenvalue weighted by Gasteiger charge is 2.37. The monoisotopic (exact) mass is 385 g/mol. The van der Waals surface area contributed by atoms with Gasteiger partial charge in [0.25, 0.3) is 5.78 Å². The minimum atomic E-state index is -3.51. The summed E-state index contributed by atoms with van der Waals surface area (Å²) in [4.78, 5) is 28.1. The van der Waals surface area contributed by atoms with Gasteiger partial charge in [0.2, 0.25) is 10.0 Å². The number of rotatable bonds is 4. The van der Waals surface area contributed by atoms with Crippen molar-refractivity contribution < 1.29 is 18.0 Å². The van der Waals surface area contributed by atoms with Gasteiger partial charge in [0, 0.05) is 26.2 Å². The molecule has 0 aliphatic carbocycles. The Kier molecular flexibility index (Phi) is 4.55. The zero-order valence-corrected chi connectivity index (χ0v) is 15.4. The van der Waals surface area contributed by atoms with E-state index in [1.165, 1.54) is 9.21 Å². The molecule has 1 fully saturated rings. The smallest absolute Gasteiger partial charge is 0.291 e. The third-order valence-corrected chi connectivity index (χ3v) is 6.85. The van der Waals surface area contributed by atoms with E-state index < -0.39 is 21.7 Å². The molecule has 0 N–H and O–H groups in total. The fourth-order valence-electron chi connectivity index (χ4n) is 3.44. The van der Waals surface area contributed by atoms with Crippen LogP contribution in [0.25, 0.3) is 0 Å². The molecule has 1 amide bonds. The van der Waals surface area contributed by atoms with Crippen LogP contribution in [0.5, 0.6) is 0 Å². The zero-order chi connectivity index (χ0) is 19.0. The standard InChI is InChI=1S/C19H19N3O4S/c23-18-16-8-4-5-9-17(16)22(19(18)24)14-20-10-12-21(13-11-20)27(25,26)15-6-2-1-3-7-15/h1-9H,10-14H2. The van der Waals surface area contributed by atoms with E-state index in [1.54, 1.807) is 54.6 Å². The molecule has 1 saturated heterocycles. The lowest BCUT2D eigenvalue weighted by Crippen LogP contribution is -2.52. The third kappa shape index (κ3) is 3.16. The van der Waals surface area contributed by atoms with E-state index in [-0.39, 0.29) is 11.6 Å². The fraction of sp³-hybridized carbons (Fsp3) is 0.263. The number of piperazine rings is 1. The molecule has 2 aromatic carbocycles. The van der Waals surface area contributed by atoms with Gasteiger partial charge < -0.3 is 0 Å². The third-order valence-electron chi connectivity index (χ3n) is 4.93. The van der Waals surface area contributed by atoms with Gasteiger partial charge in [-0.25, -0.2) is 8.42 Å². The molecule has 0 unspecified atom stereocenters. The SMILES string of the molecule is O=C1C(=O)N(CN2CCN(S(=O)(=O)c3ccccc3)CC2)c2ccccc21. The van der Waals surface area contributed by atoms with Crippen LogP contribution in [0.4, 0.5) is 5.69 Å². The molecule has 0 atom stereocenters. The minimum Gasteiger partial charge on any atom is -0.291 e. The van der Waals surface area contributed by atoms with Crippen molar-refractivity contribution >= 4 is 27.4 Å². The first-order chi connectivity index (χ1) is 13.0. The second-order valence-electron chi connectivity index (χ2n) is 6.56. The van der Waals surface area contributed by atoms with E-state index in [0.717, 1.165) is 0 Å². The maximum atomic E-state index is 12.7. The zero-order valence-electron chi connectivity index (χ0n) is 14.6. The van der Waals surface area contributed by atoms with Crippen molar-refractivity contribution in [3.8, 4) is 0 Å². The number of carbonyl (C=O) groups excluding carboxylic acids is 2. The number of amides is 1. The van der Waals surface area contributed by atoms with Gasteiger partial charge in [-0.05, 0) is 24.3 Å². The first-order valence-electron chi connectivity index (χ1n) is 8.71. The number of ketones is 1. The van der Waals surface area contributed by atoms with Crippen molar-refractivity contribution in [2.75, 3.05) is 37.7 Å². The topological polar surface area (TPSA) is 78.0 Å². The van der Waals surface area contributed by atoms with Gasteiger partial charge in [0.05, 0.1) is 22.8 Å². The highest BCUT2D eigenvalue weighted by Crippen LogP contribution is 2.29. The molecule has 2 heterocycles. The number of carbonyl (C=O) groups is 2. The highest BCUT2D eigenvalue weighted by atomic mass is 32.2. The molecule has 7 nitrogen and oxygen atoms in total. The lowest BCUT2D eigenvalue weighted by atomic mass is 10.1. The molecule has 0 spiro atoms. The molecule has 4 rings (SSSR count). The Labute approximate surface area is 157 Å². The average Bonchev–Trinajstić information content (AvgIpc) is 2.94. The molecule has 0 aromatic heterocycles. The van der Waals surface area contributed by atoms with Gasteiger partial charge in [0.1, 0.15) is 0 Å². The molecular weight excluding hydrogens is 366 g/mol. The fourth-order valence-corrected chi connectivity index (χ4v) is 4.88. The number of sulfonamides is 1. The Morgan fingerprint density at radius 1 is 0.815 bits per heavy atom. The number of fused-ring (bicyclic) bond motifs is 1. The first-order valence-corrected chi connectivity index (χ1v) is 10.2. The van der Waals surface area contributed by atoms with Crippen LogP contribution in [0.2, 0.25) is 0 Å². The maximum absolute atomic E-state index is 12.7. The molecule has 27 heavy (non-hydrogen) atoms. The normalized spacial score (nSPS) is 18.7. The predicted molar refractivity (Wildman–Crippen MR) is 99.9 cm³/mol. The van der Waals surface area contributed by atoms with Crippen LogP contribution in [-0.4, -0.2) is 62.2 Å². The molecule has 0 saturated carbocycles. The second-order valence-corrected chi connectivity index (χ2v) is 8.49. The second kappa shape index (κ2) is 6.88. The molecular formula is C19H19N3O4S. The van der Waals surface area contributed by atoms with Gasteiger partial charge >= 0.3 is 5.91 Å². The molecule has 0 bridgehead atoms. The number of benzene rings is 2. The summed E-state index contributed by atoms with van der Waals surface area (Å²) in [7, 11) is -3.51. The van der Waals surface area contributed by atoms with Gasteiger partial charge in [0.15, 0.2) is 0 Å². The van der Waals surface area contributed by atoms with E-state index in [1.807, 2.05) is 4.90 Å². The van der Waals surface area contributed by atoms with E-state index in [2.05, 4.69) is 0 Å². The summed E-state index contributed by atoms with van der Waals surface area (Å²) in [5, 5.41) is 0. The summed E-state index contributed by atoms with van der Waals surface area (Å²) in [6.07, 6.45) is 0. The van der Waals surface area contributed by atoms with Crippen LogP contribution < -0.4 is 4.90 Å². The van der Waals surface area contributed by atoms with Gasteiger partial charge in [-0.15, -0.1) is 0 Å². The van der Waals surface area contributed by atoms with E-state index in [4.69, 9.17) is 0 Å². The molecule has 2 aliphatic rings. The number of Topliss-reactive ketones (excluding diaryl/α,β-unsaturated/α-hetero) is 1. The Morgan fingerprint density at radius 2 is 1.44 bits per heavy atom. The number of para-hydroxylation sites is 1. The van der Waals surface area contributed by atoms with Crippen molar-refractivity contribution in [1.29, 1.82) is 0 Å². The van der Waals surface area contributed by atoms with Crippen LogP contribution in [0, 0.1) is 0 Å². The van der Waals surface area contributed by atoms with Crippen LogP contribution in [-0.2, 0) is 14.8 Å². The summed E-state index contributed by atoms with van der Waals surface area (Å²) >= 11 is 0. The Hall–Kier alpha value is -2.55. The van der Waals surface area contributed by atoms with Gasteiger partial charge in [-0.3, -0.25) is 19.4 Å². The quantitative estimate of drug-likeness (QED) is 0.739. The van der Waals surface area contributed by atoms with Crippen molar-refractivity contribution in [2.45, 2.75) is 4.90 Å². The van der Waals surface area contributed by atoms with Crippen molar-refractivity contribution in [1.82, 2.24) is 9.21 Å². The minimum absolute atomic E-state index is 0.279. The maximum Gasteiger partial charge on any atom is 0.300 e. The van der Waals surface area contributed by atoms with Crippen molar-refractivity contribution in [3.05, 3.63) is 60.2 Å². The van der Waals surface area contributed by atoms with Crippen LogP contribution >= 0.6 is 0 Å². The van der Waals surface area contributed by atoms with Crippen LogP contribution in [0.3, 0.4) is 0 Å². The molecule has 2 aromatic rings. The molecule has 140 valence electrons. The highest BCUT2D eigenvalue weighted by molar-refractivity contribution is 7.89. The van der Waals surface area contributed by atoms with Crippen LogP contribution in [0.1, 0.15) is 10.4 Å². The number of hydrogen-bond donors (Lipinski definition) is 0. The summed E-state index contributed by atoms with van der Waals surface area (Å²) in [6.45, 7) is 1.95. The summed E-state index contributed by atoms with van der Waals surface area (Å²) in [6, 6.07) is 15.3. The number of hydrogen-bond acceptors (Lipinski definition) is 5. The molecule has 2 aliphatic heterocycles. The van der Waals surface area contributed by atoms with Crippen molar-refractivity contribution in [3.63, 3.8) is 0 Å². The molecule has 0 radical (unpaired) electrons. The van der Waals surface area contributed by atoms with Crippen LogP contribution in [0.15, 0.2) is 59.5 Å². The molecule has 8 heteroatoms.